The molecule has 9 nitrogen and oxygen atoms in total. The summed E-state index contributed by atoms with van der Waals surface area (Å²) >= 11 is 6.36. The number of hydrogen-bond donors (Lipinski definition) is 4. The molecule has 176 valence electrons. The summed E-state index contributed by atoms with van der Waals surface area (Å²) in [6.07, 6.45) is 3.59. The van der Waals surface area contributed by atoms with Gasteiger partial charge in [-0.25, -0.2) is 9.78 Å². The van der Waals surface area contributed by atoms with Crippen LogP contribution in [-0.2, 0) is 4.74 Å². The average molecular weight is 480 g/mol. The van der Waals surface area contributed by atoms with E-state index in [1.165, 1.54) is 6.20 Å². The van der Waals surface area contributed by atoms with Gasteiger partial charge < -0.3 is 30.9 Å². The Morgan fingerprint density at radius 2 is 1.74 bits per heavy atom. The zero-order valence-corrected chi connectivity index (χ0v) is 19.3. The van der Waals surface area contributed by atoms with Crippen molar-refractivity contribution in [3.05, 3.63) is 59.8 Å². The number of benzene rings is 2. The minimum Gasteiger partial charge on any atom is -0.378 e. The number of hydrogen-bond acceptors (Lipinski definition) is 7. The van der Waals surface area contributed by atoms with E-state index in [4.69, 9.17) is 16.3 Å². The van der Waals surface area contributed by atoms with Crippen LogP contribution in [0.5, 0.6) is 0 Å². The Balaban J connectivity index is 1.27. The van der Waals surface area contributed by atoms with Crippen LogP contribution in [0.2, 0.25) is 5.02 Å². The van der Waals surface area contributed by atoms with Crippen molar-refractivity contribution in [2.75, 3.05) is 47.2 Å². The second kappa shape index (κ2) is 10.1. The van der Waals surface area contributed by atoms with Crippen LogP contribution in [0, 0.1) is 0 Å². The number of carbonyl (C=O) groups is 1. The summed E-state index contributed by atoms with van der Waals surface area (Å²) in [5, 5.41) is 12.6. The zero-order valence-electron chi connectivity index (χ0n) is 18.6. The molecule has 1 aromatic heterocycles. The lowest BCUT2D eigenvalue weighted by atomic mass is 10.2. The summed E-state index contributed by atoms with van der Waals surface area (Å²) in [6.45, 7) is 3.28. The highest BCUT2D eigenvalue weighted by molar-refractivity contribution is 6.33. The number of ether oxygens (including phenoxy) is 1. The Hall–Kier alpha value is -3.56. The molecule has 2 amide bonds. The first-order valence-electron chi connectivity index (χ1n) is 11.3. The molecule has 5 rings (SSSR count). The standard InChI is InChI=1S/C24H26ClN7O2/c25-19-15-26-23(27-16-7-9-18(10-8-16)32-11-13-34-14-12-32)31-22(19)29-20-3-1-2-4-21(20)30-24(33)28-17-5-6-17/h1-4,7-10,15,17H,5-6,11-14H2,(H2,28,30,33)(H2,26,27,29,31). The molecule has 1 saturated heterocycles. The molecule has 2 fully saturated rings. The molecule has 0 spiro atoms. The maximum atomic E-state index is 12.2. The van der Waals surface area contributed by atoms with E-state index in [0.29, 0.717) is 28.2 Å². The second-order valence-corrected chi connectivity index (χ2v) is 8.61. The summed E-state index contributed by atoms with van der Waals surface area (Å²) in [4.78, 5) is 23.3. The predicted molar refractivity (Wildman–Crippen MR) is 135 cm³/mol. The van der Waals surface area contributed by atoms with Crippen molar-refractivity contribution in [2.45, 2.75) is 18.9 Å². The molecule has 1 saturated carbocycles. The summed E-state index contributed by atoms with van der Waals surface area (Å²) in [6, 6.07) is 15.6. The third-order valence-electron chi connectivity index (χ3n) is 5.58. The van der Waals surface area contributed by atoms with Crippen LogP contribution in [0.25, 0.3) is 0 Å². The maximum Gasteiger partial charge on any atom is 0.319 e. The molecule has 2 aliphatic rings. The first-order chi connectivity index (χ1) is 16.6. The van der Waals surface area contributed by atoms with Gasteiger partial charge in [-0.2, -0.15) is 4.98 Å². The number of morpholine rings is 1. The number of aromatic nitrogens is 2. The number of amides is 2. The molecule has 10 heteroatoms. The molecule has 2 heterocycles. The quantitative estimate of drug-likeness (QED) is 0.388. The van der Waals surface area contributed by atoms with Crippen LogP contribution < -0.4 is 26.2 Å². The highest BCUT2D eigenvalue weighted by Gasteiger charge is 2.23. The Morgan fingerprint density at radius 3 is 2.47 bits per heavy atom. The Bertz CT molecular complexity index is 1150. The smallest absolute Gasteiger partial charge is 0.319 e. The number of halogens is 1. The molecule has 1 aliphatic heterocycles. The van der Waals surface area contributed by atoms with Crippen molar-refractivity contribution in [1.29, 1.82) is 0 Å². The molecule has 4 N–H and O–H groups in total. The van der Waals surface area contributed by atoms with Crippen molar-refractivity contribution in [2.24, 2.45) is 0 Å². The highest BCUT2D eigenvalue weighted by Crippen LogP contribution is 2.30. The Morgan fingerprint density at radius 1 is 1.00 bits per heavy atom. The molecule has 0 bridgehead atoms. The van der Waals surface area contributed by atoms with Gasteiger partial charge in [-0.15, -0.1) is 0 Å². The van der Waals surface area contributed by atoms with Gasteiger partial charge in [0.25, 0.3) is 0 Å². The molecular formula is C24H26ClN7O2. The van der Waals surface area contributed by atoms with Gasteiger partial charge in [0.2, 0.25) is 5.95 Å². The van der Waals surface area contributed by atoms with E-state index in [1.807, 2.05) is 36.4 Å². The van der Waals surface area contributed by atoms with Gasteiger partial charge in [-0.05, 0) is 49.2 Å². The van der Waals surface area contributed by atoms with E-state index < -0.39 is 0 Å². The number of carbonyl (C=O) groups excluding carboxylic acids is 1. The van der Waals surface area contributed by atoms with E-state index in [0.717, 1.165) is 50.5 Å². The topological polar surface area (TPSA) is 103 Å². The van der Waals surface area contributed by atoms with Crippen molar-refractivity contribution in [3.8, 4) is 0 Å². The number of urea groups is 1. The molecule has 0 unspecified atom stereocenters. The van der Waals surface area contributed by atoms with Crippen LogP contribution in [0.15, 0.2) is 54.7 Å². The van der Waals surface area contributed by atoms with Crippen LogP contribution in [0.3, 0.4) is 0 Å². The monoisotopic (exact) mass is 479 g/mol. The van der Waals surface area contributed by atoms with E-state index >= 15 is 0 Å². The highest BCUT2D eigenvalue weighted by atomic mass is 35.5. The molecule has 3 aromatic rings. The van der Waals surface area contributed by atoms with Gasteiger partial charge in [0.15, 0.2) is 5.82 Å². The van der Waals surface area contributed by atoms with Gasteiger partial charge in [-0.3, -0.25) is 0 Å². The average Bonchev–Trinajstić information content (AvgIpc) is 3.67. The van der Waals surface area contributed by atoms with E-state index in [2.05, 4.69) is 48.3 Å². The zero-order chi connectivity index (χ0) is 23.3. The number of anilines is 6. The van der Waals surface area contributed by atoms with Crippen LogP contribution >= 0.6 is 11.6 Å². The molecule has 1 aliphatic carbocycles. The van der Waals surface area contributed by atoms with Gasteiger partial charge in [-0.1, -0.05) is 23.7 Å². The number of rotatable bonds is 7. The van der Waals surface area contributed by atoms with Gasteiger partial charge in [0, 0.05) is 30.5 Å². The van der Waals surface area contributed by atoms with Crippen molar-refractivity contribution < 1.29 is 9.53 Å². The van der Waals surface area contributed by atoms with E-state index in [9.17, 15) is 4.79 Å². The van der Waals surface area contributed by atoms with Gasteiger partial charge in [0.05, 0.1) is 30.8 Å². The lowest BCUT2D eigenvalue weighted by Gasteiger charge is -2.28. The first-order valence-corrected chi connectivity index (χ1v) is 11.7. The largest absolute Gasteiger partial charge is 0.378 e. The minimum atomic E-state index is -0.228. The molecule has 2 aromatic carbocycles. The minimum absolute atomic E-state index is 0.228. The SMILES string of the molecule is O=C(Nc1ccccc1Nc1nc(Nc2ccc(N3CCOCC3)cc2)ncc1Cl)NC1CC1. The second-order valence-electron chi connectivity index (χ2n) is 8.20. The maximum absolute atomic E-state index is 12.2. The van der Waals surface area contributed by atoms with Gasteiger partial charge >= 0.3 is 6.03 Å². The summed E-state index contributed by atoms with van der Waals surface area (Å²) in [7, 11) is 0. The normalized spacial score (nSPS) is 15.5. The predicted octanol–water partition coefficient (Wildman–Crippen LogP) is 4.74. The number of para-hydroxylation sites is 2. The molecule has 0 radical (unpaired) electrons. The lowest BCUT2D eigenvalue weighted by Crippen LogP contribution is -2.36. The molecular weight excluding hydrogens is 454 g/mol. The van der Waals surface area contributed by atoms with Crippen molar-refractivity contribution in [3.63, 3.8) is 0 Å². The summed E-state index contributed by atoms with van der Waals surface area (Å²) in [5.41, 5.74) is 3.32. The summed E-state index contributed by atoms with van der Waals surface area (Å²) < 4.78 is 5.42. The Labute approximate surface area is 202 Å². The number of nitrogens with one attached hydrogen (secondary N) is 4. The fourth-order valence-electron chi connectivity index (χ4n) is 3.62. The molecule has 34 heavy (non-hydrogen) atoms. The van der Waals surface area contributed by atoms with E-state index in [1.54, 1.807) is 0 Å². The fourth-order valence-corrected chi connectivity index (χ4v) is 3.76. The third kappa shape index (κ3) is 5.67. The van der Waals surface area contributed by atoms with Gasteiger partial charge in [0.1, 0.15) is 5.02 Å². The van der Waals surface area contributed by atoms with Crippen LogP contribution in [-0.4, -0.2) is 48.3 Å². The van der Waals surface area contributed by atoms with E-state index in [-0.39, 0.29) is 12.1 Å². The molecule has 0 atom stereocenters. The fraction of sp³-hybridized carbons (Fsp3) is 0.292. The van der Waals surface area contributed by atoms with Crippen LogP contribution in [0.1, 0.15) is 12.8 Å². The Kier molecular flexibility index (Phi) is 6.64. The third-order valence-corrected chi connectivity index (χ3v) is 5.86. The van der Waals surface area contributed by atoms with Crippen LogP contribution in [0.4, 0.5) is 39.3 Å². The van der Waals surface area contributed by atoms with Crippen molar-refractivity contribution >= 4 is 52.1 Å². The summed E-state index contributed by atoms with van der Waals surface area (Å²) in [5.74, 6) is 0.837. The lowest BCUT2D eigenvalue weighted by molar-refractivity contribution is 0.122. The number of nitrogens with zero attached hydrogens (tertiary/aromatic N) is 3. The first kappa shape index (κ1) is 22.2. The van der Waals surface area contributed by atoms with Crippen molar-refractivity contribution in [1.82, 2.24) is 15.3 Å².